The fourth-order valence-electron chi connectivity index (χ4n) is 2.02. The van der Waals surface area contributed by atoms with E-state index in [-0.39, 0.29) is 0 Å². The number of hydrogen-bond donors (Lipinski definition) is 2. The first-order valence-electron chi connectivity index (χ1n) is 6.65. The first-order chi connectivity index (χ1) is 8.94. The van der Waals surface area contributed by atoms with Crippen LogP contribution in [0, 0.1) is 0 Å². The Morgan fingerprint density at radius 3 is 3.05 bits per heavy atom. The van der Waals surface area contributed by atoms with Crippen LogP contribution in [-0.4, -0.2) is 34.6 Å². The van der Waals surface area contributed by atoms with Gasteiger partial charge in [-0.15, -0.1) is 0 Å². The summed E-state index contributed by atoms with van der Waals surface area (Å²) in [7, 11) is 0. The summed E-state index contributed by atoms with van der Waals surface area (Å²) in [5, 5.41) is 10.4. The molecule has 1 saturated heterocycles. The Kier molecular flexibility index (Phi) is 4.09. The van der Waals surface area contributed by atoms with Gasteiger partial charge in [-0.3, -0.25) is 4.68 Å². The number of hydrogen-bond acceptors (Lipinski definition) is 4. The SMILES string of the molecule is CC(C)(C)OC(=O)NCc1cnn([C@H]2CCNC2)c1. The minimum absolute atomic E-state index is 0.400. The maximum Gasteiger partial charge on any atom is 0.407 e. The Bertz CT molecular complexity index is 430. The highest BCUT2D eigenvalue weighted by Gasteiger charge is 2.18. The van der Waals surface area contributed by atoms with Crippen LogP contribution in [0.1, 0.15) is 38.8 Å². The number of rotatable bonds is 3. The number of amides is 1. The van der Waals surface area contributed by atoms with Crippen LogP contribution >= 0.6 is 0 Å². The number of nitrogens with one attached hydrogen (secondary N) is 2. The highest BCUT2D eigenvalue weighted by Crippen LogP contribution is 2.14. The highest BCUT2D eigenvalue weighted by atomic mass is 16.6. The molecule has 0 aromatic carbocycles. The molecule has 6 nitrogen and oxygen atoms in total. The van der Waals surface area contributed by atoms with Crippen molar-refractivity contribution in [1.29, 1.82) is 0 Å². The fourth-order valence-corrected chi connectivity index (χ4v) is 2.02. The standard InChI is InChI=1S/C13H22N4O2/c1-13(2,3)19-12(18)15-6-10-7-16-17(9-10)11-4-5-14-8-11/h7,9,11,14H,4-6,8H2,1-3H3,(H,15,18)/t11-/m0/s1. The summed E-state index contributed by atoms with van der Waals surface area (Å²) in [6.07, 6.45) is 4.47. The molecule has 0 saturated carbocycles. The molecule has 1 aliphatic rings. The van der Waals surface area contributed by atoms with Crippen LogP contribution in [0.25, 0.3) is 0 Å². The first kappa shape index (κ1) is 13.9. The monoisotopic (exact) mass is 266 g/mol. The van der Waals surface area contributed by atoms with Gasteiger partial charge < -0.3 is 15.4 Å². The number of alkyl carbamates (subject to hydrolysis) is 1. The average molecular weight is 266 g/mol. The summed E-state index contributed by atoms with van der Waals surface area (Å²) in [4.78, 5) is 11.5. The van der Waals surface area contributed by atoms with Crippen LogP contribution in [0.5, 0.6) is 0 Å². The maximum atomic E-state index is 11.5. The zero-order chi connectivity index (χ0) is 13.9. The molecule has 0 unspecified atom stereocenters. The van der Waals surface area contributed by atoms with Crippen molar-refractivity contribution in [2.75, 3.05) is 13.1 Å². The van der Waals surface area contributed by atoms with E-state index in [0.29, 0.717) is 12.6 Å². The fraction of sp³-hybridized carbons (Fsp3) is 0.692. The largest absolute Gasteiger partial charge is 0.444 e. The quantitative estimate of drug-likeness (QED) is 0.868. The summed E-state index contributed by atoms with van der Waals surface area (Å²) >= 11 is 0. The second kappa shape index (κ2) is 5.61. The van der Waals surface area contributed by atoms with Crippen LogP contribution in [-0.2, 0) is 11.3 Å². The second-order valence-corrected chi connectivity index (χ2v) is 5.83. The van der Waals surface area contributed by atoms with Gasteiger partial charge in [0.1, 0.15) is 5.60 Å². The molecule has 1 aromatic heterocycles. The van der Waals surface area contributed by atoms with Gasteiger partial charge in [0.15, 0.2) is 0 Å². The lowest BCUT2D eigenvalue weighted by Gasteiger charge is -2.19. The highest BCUT2D eigenvalue weighted by molar-refractivity contribution is 5.67. The van der Waals surface area contributed by atoms with Crippen molar-refractivity contribution in [3.8, 4) is 0 Å². The van der Waals surface area contributed by atoms with Gasteiger partial charge in [0.25, 0.3) is 0 Å². The summed E-state index contributed by atoms with van der Waals surface area (Å²) in [6.45, 7) is 7.97. The van der Waals surface area contributed by atoms with Gasteiger partial charge in [0.05, 0.1) is 12.2 Å². The Labute approximate surface area is 113 Å². The van der Waals surface area contributed by atoms with Gasteiger partial charge in [-0.2, -0.15) is 5.10 Å². The first-order valence-corrected chi connectivity index (χ1v) is 6.65. The molecule has 1 atom stereocenters. The van der Waals surface area contributed by atoms with Gasteiger partial charge in [-0.05, 0) is 33.7 Å². The average Bonchev–Trinajstić information content (AvgIpc) is 2.95. The third kappa shape index (κ3) is 4.24. The van der Waals surface area contributed by atoms with E-state index in [1.165, 1.54) is 0 Å². The van der Waals surface area contributed by atoms with E-state index in [4.69, 9.17) is 4.74 Å². The molecular weight excluding hydrogens is 244 g/mol. The molecule has 1 fully saturated rings. The zero-order valence-corrected chi connectivity index (χ0v) is 11.8. The molecule has 2 heterocycles. The Morgan fingerprint density at radius 2 is 2.42 bits per heavy atom. The van der Waals surface area contributed by atoms with Crippen LogP contribution in [0.2, 0.25) is 0 Å². The van der Waals surface area contributed by atoms with E-state index in [2.05, 4.69) is 15.7 Å². The number of carbonyl (C=O) groups excluding carboxylic acids is 1. The predicted octanol–water partition coefficient (Wildman–Crippen LogP) is 1.44. The van der Waals surface area contributed by atoms with Crippen molar-refractivity contribution >= 4 is 6.09 Å². The molecule has 0 aliphatic carbocycles. The normalized spacial score (nSPS) is 19.4. The van der Waals surface area contributed by atoms with Crippen molar-refractivity contribution in [1.82, 2.24) is 20.4 Å². The van der Waals surface area contributed by atoms with Gasteiger partial charge in [-0.1, -0.05) is 0 Å². The summed E-state index contributed by atoms with van der Waals surface area (Å²) in [5.74, 6) is 0. The third-order valence-electron chi connectivity index (χ3n) is 2.90. The molecule has 0 bridgehead atoms. The second-order valence-electron chi connectivity index (χ2n) is 5.83. The molecule has 106 valence electrons. The molecule has 1 aliphatic heterocycles. The van der Waals surface area contributed by atoms with Crippen LogP contribution in [0.3, 0.4) is 0 Å². The number of nitrogens with zero attached hydrogens (tertiary/aromatic N) is 2. The topological polar surface area (TPSA) is 68.2 Å². The lowest BCUT2D eigenvalue weighted by Crippen LogP contribution is -2.32. The van der Waals surface area contributed by atoms with Gasteiger partial charge in [0, 0.05) is 24.8 Å². The zero-order valence-electron chi connectivity index (χ0n) is 11.8. The van der Waals surface area contributed by atoms with E-state index in [1.54, 1.807) is 6.20 Å². The van der Waals surface area contributed by atoms with Crippen LogP contribution < -0.4 is 10.6 Å². The van der Waals surface area contributed by atoms with Crippen molar-refractivity contribution < 1.29 is 9.53 Å². The molecule has 0 radical (unpaired) electrons. The summed E-state index contributed by atoms with van der Waals surface area (Å²) in [6, 6.07) is 0.426. The van der Waals surface area contributed by atoms with Crippen molar-refractivity contribution in [2.45, 2.75) is 45.4 Å². The number of ether oxygens (including phenoxy) is 1. The van der Waals surface area contributed by atoms with Crippen LogP contribution in [0.15, 0.2) is 12.4 Å². The molecular formula is C13H22N4O2. The maximum absolute atomic E-state index is 11.5. The molecule has 1 amide bonds. The van der Waals surface area contributed by atoms with Crippen molar-refractivity contribution in [3.63, 3.8) is 0 Å². The Hall–Kier alpha value is -1.56. The van der Waals surface area contributed by atoms with E-state index in [0.717, 1.165) is 25.1 Å². The van der Waals surface area contributed by atoms with E-state index >= 15 is 0 Å². The number of carbonyl (C=O) groups is 1. The molecule has 2 N–H and O–H groups in total. The Morgan fingerprint density at radius 1 is 1.63 bits per heavy atom. The van der Waals surface area contributed by atoms with Gasteiger partial charge in [-0.25, -0.2) is 4.79 Å². The smallest absolute Gasteiger partial charge is 0.407 e. The predicted molar refractivity (Wildman–Crippen MR) is 71.8 cm³/mol. The van der Waals surface area contributed by atoms with E-state index in [9.17, 15) is 4.79 Å². The molecule has 2 rings (SSSR count). The minimum atomic E-state index is -0.468. The summed E-state index contributed by atoms with van der Waals surface area (Å²) < 4.78 is 7.14. The molecule has 1 aromatic rings. The molecule has 0 spiro atoms. The van der Waals surface area contributed by atoms with Gasteiger partial charge >= 0.3 is 6.09 Å². The van der Waals surface area contributed by atoms with Crippen molar-refractivity contribution in [3.05, 3.63) is 18.0 Å². The lowest BCUT2D eigenvalue weighted by atomic mass is 10.2. The molecule has 19 heavy (non-hydrogen) atoms. The van der Waals surface area contributed by atoms with Gasteiger partial charge in [0.2, 0.25) is 0 Å². The van der Waals surface area contributed by atoms with E-state index in [1.807, 2.05) is 31.6 Å². The molecule has 6 heteroatoms. The Balaban J connectivity index is 1.81. The van der Waals surface area contributed by atoms with Crippen molar-refractivity contribution in [2.24, 2.45) is 0 Å². The summed E-state index contributed by atoms with van der Waals surface area (Å²) in [5.41, 5.74) is 0.516. The number of aromatic nitrogens is 2. The van der Waals surface area contributed by atoms with E-state index < -0.39 is 11.7 Å². The minimum Gasteiger partial charge on any atom is -0.444 e. The third-order valence-corrected chi connectivity index (χ3v) is 2.90. The lowest BCUT2D eigenvalue weighted by molar-refractivity contribution is 0.0523. The van der Waals surface area contributed by atoms with Crippen LogP contribution in [0.4, 0.5) is 4.79 Å².